The molecule has 0 unspecified atom stereocenters. The van der Waals surface area contributed by atoms with Gasteiger partial charge in [-0.1, -0.05) is 45.8 Å². The van der Waals surface area contributed by atoms with Gasteiger partial charge in [0.1, 0.15) is 35.7 Å². The van der Waals surface area contributed by atoms with Gasteiger partial charge in [-0.25, -0.2) is 14.7 Å². The summed E-state index contributed by atoms with van der Waals surface area (Å²) in [5.74, 6) is -3.68. The third-order valence-electron chi connectivity index (χ3n) is 10.2. The Morgan fingerprint density at radius 3 is 2.47 bits per heavy atom. The lowest BCUT2D eigenvalue weighted by atomic mass is 9.70. The molecule has 2 aliphatic rings. The van der Waals surface area contributed by atoms with Crippen LogP contribution in [0.25, 0.3) is 5.82 Å². The molecule has 13 heteroatoms. The smallest absolute Gasteiger partial charge is 0.316 e. The molecule has 0 spiro atoms. The van der Waals surface area contributed by atoms with Gasteiger partial charge in [-0.2, -0.15) is 5.10 Å². The average molecular weight is 682 g/mol. The van der Waals surface area contributed by atoms with Crippen molar-refractivity contribution in [1.82, 2.24) is 14.8 Å². The maximum Gasteiger partial charge on any atom is 0.316 e. The highest BCUT2D eigenvalue weighted by Gasteiger charge is 2.50. The highest BCUT2D eigenvalue weighted by molar-refractivity contribution is 6.00. The van der Waals surface area contributed by atoms with E-state index >= 15 is 0 Å². The number of carbonyl (C=O) groups is 3. The van der Waals surface area contributed by atoms with E-state index in [1.54, 1.807) is 44.0 Å². The second-order valence-electron chi connectivity index (χ2n) is 13.9. The summed E-state index contributed by atoms with van der Waals surface area (Å²) in [6, 6.07) is 5.51. The number of aromatic nitrogens is 3. The lowest BCUT2D eigenvalue weighted by molar-refractivity contribution is -0.192. The molecule has 2 saturated heterocycles. The van der Waals surface area contributed by atoms with Crippen LogP contribution in [0.2, 0.25) is 0 Å². The van der Waals surface area contributed by atoms with Gasteiger partial charge in [0.25, 0.3) is 0 Å². The van der Waals surface area contributed by atoms with Crippen molar-refractivity contribution in [2.45, 2.75) is 105 Å². The molecule has 2 bridgehead atoms. The monoisotopic (exact) mass is 681 g/mol. The third kappa shape index (κ3) is 8.68. The number of nitrogens with zero attached hydrogens (tertiary/aromatic N) is 5. The Balaban J connectivity index is 1.77. The summed E-state index contributed by atoms with van der Waals surface area (Å²) < 4.78 is 20.7. The van der Waals surface area contributed by atoms with Gasteiger partial charge in [0.05, 0.1) is 24.9 Å². The van der Waals surface area contributed by atoms with Crippen LogP contribution in [-0.2, 0) is 40.0 Å². The van der Waals surface area contributed by atoms with Gasteiger partial charge in [-0.3, -0.25) is 14.4 Å². The third-order valence-corrected chi connectivity index (χ3v) is 10.2. The Morgan fingerprint density at radius 1 is 1.12 bits per heavy atom. The summed E-state index contributed by atoms with van der Waals surface area (Å²) in [4.78, 5) is 54.3. The van der Waals surface area contributed by atoms with Crippen LogP contribution in [0, 0.1) is 29.6 Å². The molecule has 4 rings (SSSR count). The first kappa shape index (κ1) is 38.0. The predicted molar refractivity (Wildman–Crippen MR) is 182 cm³/mol. The number of aliphatic imine (C=N–C) groups is 1. The summed E-state index contributed by atoms with van der Waals surface area (Å²) in [7, 11) is 0. The van der Waals surface area contributed by atoms with E-state index in [1.807, 2.05) is 45.9 Å². The number of oxime groups is 1. The molecule has 1 amide bonds. The minimum Gasteiger partial charge on any atom is -0.459 e. The Labute approximate surface area is 288 Å². The number of cyclic esters (lactones) is 1. The molecule has 0 radical (unpaired) electrons. The fourth-order valence-corrected chi connectivity index (χ4v) is 7.00. The van der Waals surface area contributed by atoms with Crippen molar-refractivity contribution in [2.75, 3.05) is 13.2 Å². The minimum atomic E-state index is -1.76. The number of rotatable bonds is 5. The molecule has 2 aromatic rings. The van der Waals surface area contributed by atoms with Crippen molar-refractivity contribution >= 4 is 29.1 Å². The summed E-state index contributed by atoms with van der Waals surface area (Å²) in [6.45, 7) is 15.7. The second-order valence-corrected chi connectivity index (χ2v) is 13.9. The molecule has 268 valence electrons. The maximum absolute atomic E-state index is 13.7. The fourth-order valence-electron chi connectivity index (χ4n) is 7.00. The molecule has 2 aromatic heterocycles. The van der Waals surface area contributed by atoms with Gasteiger partial charge < -0.3 is 24.2 Å². The summed E-state index contributed by atoms with van der Waals surface area (Å²) >= 11 is 0. The zero-order valence-electron chi connectivity index (χ0n) is 30.1. The molecule has 13 nitrogen and oxygen atoms in total. The predicted octanol–water partition coefficient (Wildman–Crippen LogP) is 4.53. The number of aliphatic hydroxyl groups is 1. The molecule has 1 N–H and O–H groups in total. The van der Waals surface area contributed by atoms with Crippen LogP contribution in [0.3, 0.4) is 0 Å². The molecular formula is C36H51N5O8. The average Bonchev–Trinajstić information content (AvgIpc) is 3.61. The molecule has 2 aliphatic heterocycles. The van der Waals surface area contributed by atoms with Crippen molar-refractivity contribution in [1.29, 1.82) is 0 Å². The number of pyridine rings is 1. The lowest BCUT2D eigenvalue weighted by Gasteiger charge is -2.44. The van der Waals surface area contributed by atoms with E-state index in [-0.39, 0.29) is 43.9 Å². The van der Waals surface area contributed by atoms with Gasteiger partial charge in [0.15, 0.2) is 5.82 Å². The molecular weight excluding hydrogens is 630 g/mol. The van der Waals surface area contributed by atoms with Crippen LogP contribution in [0.5, 0.6) is 0 Å². The fraction of sp³-hybridized carbons (Fsp3) is 0.639. The van der Waals surface area contributed by atoms with E-state index in [0.29, 0.717) is 23.7 Å². The zero-order valence-corrected chi connectivity index (χ0v) is 30.1. The first-order chi connectivity index (χ1) is 23.1. The quantitative estimate of drug-likeness (QED) is 0.270. The van der Waals surface area contributed by atoms with E-state index in [1.165, 1.54) is 13.8 Å². The zero-order chi connectivity index (χ0) is 36.1. The molecule has 0 aliphatic carbocycles. The number of amides is 1. The lowest BCUT2D eigenvalue weighted by Crippen LogP contribution is -2.57. The van der Waals surface area contributed by atoms with Crippen molar-refractivity contribution in [3.63, 3.8) is 0 Å². The van der Waals surface area contributed by atoms with Crippen LogP contribution in [0.15, 0.2) is 46.9 Å². The maximum atomic E-state index is 13.7. The Hall–Kier alpha value is -3.81. The first-order valence-electron chi connectivity index (χ1n) is 17.0. The summed E-state index contributed by atoms with van der Waals surface area (Å²) in [6.07, 6.45) is 3.74. The van der Waals surface area contributed by atoms with Crippen LogP contribution in [0.4, 0.5) is 0 Å². The van der Waals surface area contributed by atoms with E-state index in [4.69, 9.17) is 19.0 Å². The number of carbonyl (C=O) groups excluding carboxylic acids is 3. The molecule has 0 saturated carbocycles. The van der Waals surface area contributed by atoms with E-state index < -0.39 is 53.0 Å². The summed E-state index contributed by atoms with van der Waals surface area (Å²) in [5, 5.41) is 20.8. The van der Waals surface area contributed by atoms with Crippen LogP contribution in [0.1, 0.15) is 80.7 Å². The largest absolute Gasteiger partial charge is 0.459 e. The SMILES string of the molecule is CC[C@H]1OC(=O)[C@H](C)C(=O)[C@H](C)[C@@H](C)[C@@]2(C)C[C@@H](C)C(=NC(C)=O)[C@H](C)[C@@H](OC/C(=N/OCc3ccc(-n4cccn4)nc3)CO2)[C@]1(C)O. The number of esters is 1. The Bertz CT molecular complexity index is 1520. The van der Waals surface area contributed by atoms with E-state index in [9.17, 15) is 19.5 Å². The number of hydrogen-bond donors (Lipinski definition) is 1. The van der Waals surface area contributed by atoms with Gasteiger partial charge in [0.2, 0.25) is 5.91 Å². The van der Waals surface area contributed by atoms with Crippen LogP contribution >= 0.6 is 0 Å². The molecule has 9 atom stereocenters. The first-order valence-corrected chi connectivity index (χ1v) is 17.0. The van der Waals surface area contributed by atoms with Crippen LogP contribution in [-0.4, -0.2) is 85.6 Å². The Morgan fingerprint density at radius 2 is 1.86 bits per heavy atom. The highest BCUT2D eigenvalue weighted by Crippen LogP contribution is 2.39. The van der Waals surface area contributed by atoms with E-state index in [0.717, 1.165) is 5.56 Å². The topological polar surface area (TPSA) is 164 Å². The number of Topliss-reactive ketones (excluding diaryl/α,β-unsaturated/α-hetero) is 1. The molecule has 4 heterocycles. The Kier molecular flexibility index (Phi) is 12.3. The van der Waals surface area contributed by atoms with Crippen LogP contribution < -0.4 is 0 Å². The number of ketones is 1. The molecule has 2 fully saturated rings. The van der Waals surface area contributed by atoms with Crippen molar-refractivity contribution in [3.05, 3.63) is 42.4 Å². The molecule has 49 heavy (non-hydrogen) atoms. The van der Waals surface area contributed by atoms with Crippen molar-refractivity contribution < 1.29 is 38.5 Å². The van der Waals surface area contributed by atoms with Gasteiger partial charge >= 0.3 is 5.97 Å². The van der Waals surface area contributed by atoms with Gasteiger partial charge in [-0.05, 0) is 57.6 Å². The van der Waals surface area contributed by atoms with Gasteiger partial charge in [0, 0.05) is 48.6 Å². The number of fused-ring (bicyclic) bond motifs is 5. The highest BCUT2D eigenvalue weighted by atomic mass is 16.6. The summed E-state index contributed by atoms with van der Waals surface area (Å²) in [5.41, 5.74) is -1.01. The van der Waals surface area contributed by atoms with Crippen molar-refractivity contribution in [3.8, 4) is 5.82 Å². The van der Waals surface area contributed by atoms with Crippen molar-refractivity contribution in [2.24, 2.45) is 39.7 Å². The molecule has 0 aromatic carbocycles. The van der Waals surface area contributed by atoms with E-state index in [2.05, 4.69) is 20.2 Å². The number of ether oxygens (including phenoxy) is 3. The normalized spacial score (nSPS) is 35.3. The number of hydrogen-bond acceptors (Lipinski definition) is 11. The standard InChI is InChI=1S/C36H51N5O8/c1-10-29-36(9,45)33-23(4)31(39-26(7)42)21(2)16-35(8,25(6)22(3)32(43)24(5)34(44)49-29)47-20-28(19-46-33)40-48-18-27-12-13-30(37-17-27)41-15-11-14-38-41/h11-15,17,21-25,29,33,45H,10,16,18-20H2,1-9H3/b39-31?,40-28-/t21-,22-,23+,24-,25-,29-,33-,35-,36-/m1/s1. The minimum absolute atomic E-state index is 0.00439. The van der Waals surface area contributed by atoms with Gasteiger partial charge in [-0.15, -0.1) is 0 Å². The second kappa shape index (κ2) is 15.8.